The van der Waals surface area contributed by atoms with Crippen LogP contribution >= 0.6 is 0 Å². The SMILES string of the molecule is CCC1=C(CC)C(Cc2ccccc2)c2ccccc21. The fourth-order valence-corrected chi connectivity index (χ4v) is 3.61. The highest BCUT2D eigenvalue weighted by molar-refractivity contribution is 5.78. The Balaban J connectivity index is 2.03. The van der Waals surface area contributed by atoms with Gasteiger partial charge in [-0.25, -0.2) is 0 Å². The van der Waals surface area contributed by atoms with Crippen molar-refractivity contribution >= 4 is 5.57 Å². The molecule has 0 nitrogen and oxygen atoms in total. The minimum Gasteiger partial charge on any atom is -0.0622 e. The van der Waals surface area contributed by atoms with Gasteiger partial charge in [0.25, 0.3) is 0 Å². The minimum atomic E-state index is 0.577. The first-order chi connectivity index (χ1) is 9.85. The zero-order valence-corrected chi connectivity index (χ0v) is 12.4. The molecule has 1 aliphatic rings. The second kappa shape index (κ2) is 5.66. The van der Waals surface area contributed by atoms with Gasteiger partial charge in [-0.1, -0.05) is 74.0 Å². The molecule has 2 aromatic carbocycles. The molecule has 0 fully saturated rings. The maximum absolute atomic E-state index is 2.32. The van der Waals surface area contributed by atoms with Gasteiger partial charge in [-0.15, -0.1) is 0 Å². The van der Waals surface area contributed by atoms with E-state index in [1.54, 1.807) is 11.1 Å². The standard InChI is InChI=1S/C20H22/c1-3-16-17(4-2)20(14-15-10-6-5-7-11-15)19-13-9-8-12-18(16)19/h5-13,20H,3-4,14H2,1-2H3. The molecule has 0 heteroatoms. The van der Waals surface area contributed by atoms with Gasteiger partial charge in [0.2, 0.25) is 0 Å². The minimum absolute atomic E-state index is 0.577. The van der Waals surface area contributed by atoms with E-state index in [-0.39, 0.29) is 0 Å². The van der Waals surface area contributed by atoms with Crippen molar-refractivity contribution in [1.82, 2.24) is 0 Å². The molecule has 0 saturated heterocycles. The van der Waals surface area contributed by atoms with Crippen molar-refractivity contribution in [2.45, 2.75) is 39.0 Å². The number of rotatable bonds is 4. The van der Waals surface area contributed by atoms with E-state index in [4.69, 9.17) is 0 Å². The molecule has 0 aromatic heterocycles. The Kier molecular flexibility index (Phi) is 3.73. The third-order valence-corrected chi connectivity index (χ3v) is 4.49. The lowest BCUT2D eigenvalue weighted by Crippen LogP contribution is -2.03. The van der Waals surface area contributed by atoms with E-state index < -0.39 is 0 Å². The topological polar surface area (TPSA) is 0 Å². The first-order valence-corrected chi connectivity index (χ1v) is 7.70. The summed E-state index contributed by atoms with van der Waals surface area (Å²) in [6.45, 7) is 4.58. The lowest BCUT2D eigenvalue weighted by Gasteiger charge is -2.16. The van der Waals surface area contributed by atoms with Crippen molar-refractivity contribution in [2.75, 3.05) is 0 Å². The highest BCUT2D eigenvalue weighted by Gasteiger charge is 2.28. The van der Waals surface area contributed by atoms with Gasteiger partial charge in [0.15, 0.2) is 0 Å². The summed E-state index contributed by atoms with van der Waals surface area (Å²) >= 11 is 0. The van der Waals surface area contributed by atoms with Gasteiger partial charge >= 0.3 is 0 Å². The Labute approximate surface area is 122 Å². The zero-order valence-electron chi connectivity index (χ0n) is 12.4. The Morgan fingerprint density at radius 1 is 0.800 bits per heavy atom. The average molecular weight is 262 g/mol. The largest absolute Gasteiger partial charge is 0.0622 e. The predicted octanol–water partition coefficient (Wildman–Crippen LogP) is 5.60. The van der Waals surface area contributed by atoms with Gasteiger partial charge in [-0.05, 0) is 41.5 Å². The van der Waals surface area contributed by atoms with Crippen LogP contribution in [0.5, 0.6) is 0 Å². The Morgan fingerprint density at radius 2 is 1.50 bits per heavy atom. The predicted molar refractivity (Wildman–Crippen MR) is 86.8 cm³/mol. The quantitative estimate of drug-likeness (QED) is 0.672. The molecule has 3 rings (SSSR count). The molecule has 0 N–H and O–H groups in total. The molecule has 0 spiro atoms. The fraction of sp³-hybridized carbons (Fsp3) is 0.300. The molecular formula is C20H22. The molecule has 0 aliphatic heterocycles. The van der Waals surface area contributed by atoms with E-state index in [1.807, 2.05) is 0 Å². The summed E-state index contributed by atoms with van der Waals surface area (Å²) in [6.07, 6.45) is 3.44. The summed E-state index contributed by atoms with van der Waals surface area (Å²) in [7, 11) is 0. The molecule has 1 unspecified atom stereocenters. The molecule has 102 valence electrons. The highest BCUT2D eigenvalue weighted by atomic mass is 14.3. The van der Waals surface area contributed by atoms with E-state index in [2.05, 4.69) is 68.4 Å². The lowest BCUT2D eigenvalue weighted by molar-refractivity contribution is 0.769. The molecule has 0 amide bonds. The summed E-state index contributed by atoms with van der Waals surface area (Å²) in [5.74, 6) is 0.577. The van der Waals surface area contributed by atoms with Crippen molar-refractivity contribution in [3.05, 3.63) is 76.9 Å². The molecule has 0 bridgehead atoms. The average Bonchev–Trinajstić information content (AvgIpc) is 2.81. The smallest absolute Gasteiger partial charge is 0.0100 e. The van der Waals surface area contributed by atoms with Gasteiger partial charge in [0.05, 0.1) is 0 Å². The second-order valence-corrected chi connectivity index (χ2v) is 5.54. The number of benzene rings is 2. The maximum atomic E-state index is 2.32. The van der Waals surface area contributed by atoms with Gasteiger partial charge in [0, 0.05) is 5.92 Å². The van der Waals surface area contributed by atoms with Crippen molar-refractivity contribution in [3.8, 4) is 0 Å². The van der Waals surface area contributed by atoms with E-state index >= 15 is 0 Å². The van der Waals surface area contributed by atoms with Crippen LogP contribution in [0.3, 0.4) is 0 Å². The van der Waals surface area contributed by atoms with Crippen molar-refractivity contribution in [3.63, 3.8) is 0 Å². The van der Waals surface area contributed by atoms with Crippen molar-refractivity contribution in [2.24, 2.45) is 0 Å². The van der Waals surface area contributed by atoms with Crippen LogP contribution in [-0.2, 0) is 6.42 Å². The first-order valence-electron chi connectivity index (χ1n) is 7.70. The van der Waals surface area contributed by atoms with Gasteiger partial charge in [-0.3, -0.25) is 0 Å². The zero-order chi connectivity index (χ0) is 13.9. The lowest BCUT2D eigenvalue weighted by atomic mass is 9.88. The monoisotopic (exact) mass is 262 g/mol. The van der Waals surface area contributed by atoms with Gasteiger partial charge in [0.1, 0.15) is 0 Å². The van der Waals surface area contributed by atoms with E-state index in [1.165, 1.54) is 16.7 Å². The van der Waals surface area contributed by atoms with Crippen LogP contribution < -0.4 is 0 Å². The molecule has 1 aliphatic carbocycles. The van der Waals surface area contributed by atoms with E-state index in [0.717, 1.165) is 19.3 Å². The normalized spacial score (nSPS) is 17.4. The fourth-order valence-electron chi connectivity index (χ4n) is 3.61. The van der Waals surface area contributed by atoms with Crippen molar-refractivity contribution < 1.29 is 0 Å². The second-order valence-electron chi connectivity index (χ2n) is 5.54. The summed E-state index contributed by atoms with van der Waals surface area (Å²) in [6, 6.07) is 19.9. The molecule has 2 aromatic rings. The molecular weight excluding hydrogens is 240 g/mol. The molecule has 0 heterocycles. The molecule has 20 heavy (non-hydrogen) atoms. The molecule has 1 atom stereocenters. The van der Waals surface area contributed by atoms with Crippen LogP contribution in [0.25, 0.3) is 5.57 Å². The maximum Gasteiger partial charge on any atom is 0.0100 e. The third kappa shape index (κ3) is 2.20. The summed E-state index contributed by atoms with van der Waals surface area (Å²) in [5, 5.41) is 0. The first kappa shape index (κ1) is 13.2. The van der Waals surface area contributed by atoms with Crippen LogP contribution in [0.2, 0.25) is 0 Å². The third-order valence-electron chi connectivity index (χ3n) is 4.49. The molecule has 0 saturated carbocycles. The van der Waals surface area contributed by atoms with E-state index in [9.17, 15) is 0 Å². The number of hydrogen-bond acceptors (Lipinski definition) is 0. The van der Waals surface area contributed by atoms with Crippen LogP contribution in [0.15, 0.2) is 60.2 Å². The number of hydrogen-bond donors (Lipinski definition) is 0. The number of fused-ring (bicyclic) bond motifs is 1. The highest BCUT2D eigenvalue weighted by Crippen LogP contribution is 2.46. The summed E-state index contributed by atoms with van der Waals surface area (Å²) in [4.78, 5) is 0. The van der Waals surface area contributed by atoms with Crippen LogP contribution in [0, 0.1) is 0 Å². The summed E-state index contributed by atoms with van der Waals surface area (Å²) in [5.41, 5.74) is 7.70. The Hall–Kier alpha value is -1.82. The summed E-state index contributed by atoms with van der Waals surface area (Å²) < 4.78 is 0. The number of allylic oxidation sites excluding steroid dienone is 2. The van der Waals surface area contributed by atoms with Crippen LogP contribution in [0.4, 0.5) is 0 Å². The van der Waals surface area contributed by atoms with E-state index in [0.29, 0.717) is 5.92 Å². The Morgan fingerprint density at radius 3 is 2.20 bits per heavy atom. The van der Waals surface area contributed by atoms with Crippen molar-refractivity contribution in [1.29, 1.82) is 0 Å². The van der Waals surface area contributed by atoms with Crippen LogP contribution in [0.1, 0.15) is 49.3 Å². The Bertz CT molecular complexity index is 619. The van der Waals surface area contributed by atoms with Gasteiger partial charge < -0.3 is 0 Å². The molecule has 0 radical (unpaired) electrons. The van der Waals surface area contributed by atoms with Crippen LogP contribution in [-0.4, -0.2) is 0 Å². The van der Waals surface area contributed by atoms with Gasteiger partial charge in [-0.2, -0.15) is 0 Å².